The van der Waals surface area contributed by atoms with Gasteiger partial charge >= 0.3 is 0 Å². The van der Waals surface area contributed by atoms with Gasteiger partial charge in [0.2, 0.25) is 0 Å². The van der Waals surface area contributed by atoms with Gasteiger partial charge in [-0.05, 0) is 13.3 Å². The Bertz CT molecular complexity index is 155. The number of nitrogens with one attached hydrogen (secondary N) is 1. The van der Waals surface area contributed by atoms with Crippen molar-refractivity contribution in [2.45, 2.75) is 13.3 Å². The van der Waals surface area contributed by atoms with E-state index >= 15 is 0 Å². The first kappa shape index (κ1) is 15.3. The number of nitrogens with two attached hydrogens (primary N) is 1. The molecule has 0 amide bonds. The van der Waals surface area contributed by atoms with Crippen molar-refractivity contribution in [1.82, 2.24) is 5.32 Å². The van der Waals surface area contributed by atoms with Crippen LogP contribution in [0.4, 0.5) is 0 Å². The third-order valence-corrected chi connectivity index (χ3v) is 1.76. The minimum Gasteiger partial charge on any atom is -0.395 e. The van der Waals surface area contributed by atoms with E-state index in [1.807, 2.05) is 6.92 Å². The van der Waals surface area contributed by atoms with E-state index in [2.05, 4.69) is 10.5 Å². The molecule has 0 aromatic heterocycles. The lowest BCUT2D eigenvalue weighted by molar-refractivity contribution is 0.156. The number of hydrogen-bond acceptors (Lipinski definition) is 3. The topological polar surface area (TPSA) is 59.6 Å². The van der Waals surface area contributed by atoms with Gasteiger partial charge in [0.05, 0.1) is 0 Å². The zero-order valence-corrected chi connectivity index (χ0v) is 9.29. The third kappa shape index (κ3) is 4.55. The fourth-order valence-corrected chi connectivity index (χ4v) is 1.13. The van der Waals surface area contributed by atoms with E-state index in [1.165, 1.54) is 0 Å². The Morgan fingerprint density at radius 1 is 1.62 bits per heavy atom. The van der Waals surface area contributed by atoms with Crippen LogP contribution in [0.3, 0.4) is 0 Å². The van der Waals surface area contributed by atoms with Crippen LogP contribution in [0.1, 0.15) is 13.3 Å². The highest BCUT2D eigenvalue weighted by Gasteiger charge is 2.20. The van der Waals surface area contributed by atoms with Crippen molar-refractivity contribution in [3.05, 3.63) is 0 Å². The smallest absolute Gasteiger partial charge is 0.146 e. The summed E-state index contributed by atoms with van der Waals surface area (Å²) in [5, 5.41) is 7.06. The maximum absolute atomic E-state index is 5.52. The zero-order chi connectivity index (χ0) is 8.10. The molecule has 13 heavy (non-hydrogen) atoms. The molecule has 1 rings (SSSR count). The molecule has 0 aromatic rings. The van der Waals surface area contributed by atoms with Crippen molar-refractivity contribution in [3.8, 4) is 0 Å². The van der Waals surface area contributed by atoms with Crippen LogP contribution in [0.5, 0.6) is 0 Å². The van der Waals surface area contributed by atoms with Crippen LogP contribution in [-0.2, 0) is 4.84 Å². The molecular weight excluding hydrogens is 213 g/mol. The minimum atomic E-state index is 0. The summed E-state index contributed by atoms with van der Waals surface area (Å²) in [4.78, 5) is 4.92. The molecule has 1 heterocycles. The van der Waals surface area contributed by atoms with Gasteiger partial charge in [-0.3, -0.25) is 0 Å². The van der Waals surface area contributed by atoms with Crippen LogP contribution in [0, 0.1) is 5.92 Å². The highest BCUT2D eigenvalue weighted by Crippen LogP contribution is 2.08. The molecule has 4 nitrogen and oxygen atoms in total. The molecule has 0 aromatic carbocycles. The molecule has 1 atom stereocenters. The van der Waals surface area contributed by atoms with Crippen molar-refractivity contribution in [1.29, 1.82) is 0 Å². The molecule has 0 aliphatic carbocycles. The summed E-state index contributed by atoms with van der Waals surface area (Å²) in [6.45, 7) is 4.14. The molecule has 6 heteroatoms. The number of halogens is 2. The average molecular weight is 230 g/mol. The number of amidine groups is 1. The van der Waals surface area contributed by atoms with Gasteiger partial charge in [-0.1, -0.05) is 5.16 Å². The minimum absolute atomic E-state index is 0. The summed E-state index contributed by atoms with van der Waals surface area (Å²) in [5.74, 6) is 1.29. The summed E-state index contributed by atoms with van der Waals surface area (Å²) in [7, 11) is 0. The van der Waals surface area contributed by atoms with Crippen LogP contribution < -0.4 is 11.1 Å². The summed E-state index contributed by atoms with van der Waals surface area (Å²) in [6.07, 6.45) is 1.07. The van der Waals surface area contributed by atoms with Crippen molar-refractivity contribution in [2.24, 2.45) is 16.8 Å². The number of oxime groups is 1. The van der Waals surface area contributed by atoms with E-state index in [0.29, 0.717) is 19.1 Å². The van der Waals surface area contributed by atoms with E-state index in [4.69, 9.17) is 10.6 Å². The van der Waals surface area contributed by atoms with Crippen molar-refractivity contribution >= 4 is 30.6 Å². The lowest BCUT2D eigenvalue weighted by Crippen LogP contribution is -2.25. The summed E-state index contributed by atoms with van der Waals surface area (Å²) < 4.78 is 0. The fraction of sp³-hybridized carbons (Fsp3) is 0.857. The first-order valence-corrected chi connectivity index (χ1v) is 4.02. The Kier molecular flexibility index (Phi) is 9.89. The monoisotopic (exact) mass is 229 g/mol. The lowest BCUT2D eigenvalue weighted by atomic mass is 10.1. The molecule has 80 valence electrons. The van der Waals surface area contributed by atoms with Gasteiger partial charge < -0.3 is 15.9 Å². The quantitative estimate of drug-likeness (QED) is 0.703. The third-order valence-electron chi connectivity index (χ3n) is 1.76. The Morgan fingerprint density at radius 2 is 2.31 bits per heavy atom. The fourth-order valence-electron chi connectivity index (χ4n) is 1.13. The Labute approximate surface area is 91.1 Å². The van der Waals surface area contributed by atoms with Crippen LogP contribution in [0.2, 0.25) is 0 Å². The van der Waals surface area contributed by atoms with Crippen molar-refractivity contribution in [2.75, 3.05) is 19.7 Å². The maximum atomic E-state index is 5.52. The zero-order valence-electron chi connectivity index (χ0n) is 7.66. The van der Waals surface area contributed by atoms with Gasteiger partial charge in [0, 0.05) is 19.0 Å². The molecule has 1 saturated heterocycles. The SMILES string of the molecule is CCON=C1NCCC1CN.Cl.Cl. The number of rotatable bonds is 3. The predicted molar refractivity (Wildman–Crippen MR) is 58.7 cm³/mol. The van der Waals surface area contributed by atoms with Gasteiger partial charge in [0.1, 0.15) is 12.4 Å². The van der Waals surface area contributed by atoms with Crippen LogP contribution in [-0.4, -0.2) is 25.5 Å². The van der Waals surface area contributed by atoms with Gasteiger partial charge in [0.25, 0.3) is 0 Å². The summed E-state index contributed by atoms with van der Waals surface area (Å²) >= 11 is 0. The second kappa shape index (κ2) is 8.41. The van der Waals surface area contributed by atoms with E-state index in [-0.39, 0.29) is 24.8 Å². The Hall–Kier alpha value is -0.190. The molecule has 1 aliphatic heterocycles. The Morgan fingerprint density at radius 3 is 2.85 bits per heavy atom. The summed E-state index contributed by atoms with van der Waals surface area (Å²) in [6, 6.07) is 0. The molecule has 3 N–H and O–H groups in total. The molecule has 0 radical (unpaired) electrons. The van der Waals surface area contributed by atoms with Gasteiger partial charge in [0.15, 0.2) is 0 Å². The van der Waals surface area contributed by atoms with Crippen molar-refractivity contribution in [3.63, 3.8) is 0 Å². The van der Waals surface area contributed by atoms with E-state index in [1.54, 1.807) is 0 Å². The molecule has 1 unspecified atom stereocenters. The number of hydrogen-bond donors (Lipinski definition) is 2. The first-order chi connectivity index (χ1) is 5.38. The Balaban J connectivity index is 0. The molecule has 1 fully saturated rings. The van der Waals surface area contributed by atoms with Crippen LogP contribution >= 0.6 is 24.8 Å². The van der Waals surface area contributed by atoms with E-state index in [9.17, 15) is 0 Å². The average Bonchev–Trinajstić information content (AvgIpc) is 2.47. The first-order valence-electron chi connectivity index (χ1n) is 4.02. The second-order valence-electron chi connectivity index (χ2n) is 2.54. The standard InChI is InChI=1S/C7H15N3O.2ClH/c1-2-11-10-7-6(5-8)3-4-9-7;;/h6H,2-5,8H2,1H3,(H,9,10);2*1H. The highest BCUT2D eigenvalue weighted by atomic mass is 35.5. The maximum Gasteiger partial charge on any atom is 0.146 e. The van der Waals surface area contributed by atoms with E-state index in [0.717, 1.165) is 18.8 Å². The van der Waals surface area contributed by atoms with Gasteiger partial charge in [-0.15, -0.1) is 24.8 Å². The van der Waals surface area contributed by atoms with Crippen LogP contribution in [0.25, 0.3) is 0 Å². The van der Waals surface area contributed by atoms with Gasteiger partial charge in [-0.2, -0.15) is 0 Å². The van der Waals surface area contributed by atoms with Gasteiger partial charge in [-0.25, -0.2) is 0 Å². The predicted octanol–water partition coefficient (Wildman–Crippen LogP) is 0.748. The van der Waals surface area contributed by atoms with E-state index < -0.39 is 0 Å². The molecule has 0 spiro atoms. The van der Waals surface area contributed by atoms with Crippen LogP contribution in [0.15, 0.2) is 5.16 Å². The molecule has 0 bridgehead atoms. The van der Waals surface area contributed by atoms with Crippen molar-refractivity contribution < 1.29 is 4.84 Å². The number of nitrogens with zero attached hydrogens (tertiary/aromatic N) is 1. The summed E-state index contributed by atoms with van der Waals surface area (Å²) in [5.41, 5.74) is 5.52. The lowest BCUT2D eigenvalue weighted by Gasteiger charge is -2.05. The molecule has 0 saturated carbocycles. The highest BCUT2D eigenvalue weighted by molar-refractivity contribution is 5.86. The molecule has 1 aliphatic rings. The second-order valence-corrected chi connectivity index (χ2v) is 2.54. The molecular formula is C7H17Cl2N3O. The normalized spacial score (nSPS) is 22.9. The largest absolute Gasteiger partial charge is 0.395 e.